The predicted molar refractivity (Wildman–Crippen MR) is 197 cm³/mol. The summed E-state index contributed by atoms with van der Waals surface area (Å²) in [6.45, 7) is 27.7. The number of hydrogen-bond acceptors (Lipinski definition) is 4. The normalized spacial score (nSPS) is 37.6. The molecule has 2 aliphatic heterocycles. The van der Waals surface area contributed by atoms with Crippen LogP contribution in [0.25, 0.3) is 16.5 Å². The van der Waals surface area contributed by atoms with Gasteiger partial charge in [0.15, 0.2) is 0 Å². The number of benzene rings is 1. The monoisotopic (exact) mass is 667 g/mol. The summed E-state index contributed by atoms with van der Waals surface area (Å²) >= 11 is 0. The first kappa shape index (κ1) is 34.5. The van der Waals surface area contributed by atoms with E-state index in [1.54, 1.807) is 11.3 Å². The number of carbonyl (C=O) groups is 1. The molecule has 6 nitrogen and oxygen atoms in total. The smallest absolute Gasteiger partial charge is 0.331 e. The summed E-state index contributed by atoms with van der Waals surface area (Å²) in [5.41, 5.74) is 10.4. The minimum atomic E-state index is -0.898. The molecule has 4 aliphatic carbocycles. The van der Waals surface area contributed by atoms with Gasteiger partial charge < -0.3 is 24.6 Å². The number of hydrogen-bond donors (Lipinski definition) is 3. The van der Waals surface area contributed by atoms with E-state index in [-0.39, 0.29) is 34.5 Å². The van der Waals surface area contributed by atoms with Gasteiger partial charge in [-0.3, -0.25) is 0 Å². The Balaban J connectivity index is 0.000000424. The maximum absolute atomic E-state index is 12.1. The number of fused-ring (bicyclic) bond motifs is 11. The molecule has 6 heteroatoms. The molecule has 6 unspecified atom stereocenters. The molecule has 3 heterocycles. The second-order valence-corrected chi connectivity index (χ2v) is 17.9. The zero-order valence-corrected chi connectivity index (χ0v) is 31.1. The molecular formula is C43H57NO5. The molecule has 8 rings (SSSR count). The Bertz CT molecular complexity index is 1850. The zero-order chi connectivity index (χ0) is 35.7. The lowest BCUT2D eigenvalue weighted by Crippen LogP contribution is -2.58. The topological polar surface area (TPSA) is 91.9 Å². The highest BCUT2D eigenvalue weighted by Gasteiger charge is 2.65. The highest BCUT2D eigenvalue weighted by molar-refractivity contribution is 5.97. The summed E-state index contributed by atoms with van der Waals surface area (Å²) < 4.78 is 9.28. The van der Waals surface area contributed by atoms with Crippen LogP contribution in [0.2, 0.25) is 0 Å². The van der Waals surface area contributed by atoms with Crippen molar-refractivity contribution < 1.29 is 24.9 Å². The van der Waals surface area contributed by atoms with Gasteiger partial charge in [-0.25, -0.2) is 4.79 Å². The number of aliphatic hydroxyl groups excluding tert-OH is 2. The number of ether oxygens (including phenoxy) is 1. The average Bonchev–Trinajstić information content (AvgIpc) is 3.70. The van der Waals surface area contributed by atoms with Gasteiger partial charge in [-0.2, -0.15) is 0 Å². The van der Waals surface area contributed by atoms with E-state index < -0.39 is 17.7 Å². The third-order valence-corrected chi connectivity index (χ3v) is 14.3. The van der Waals surface area contributed by atoms with Gasteiger partial charge in [0.05, 0.1) is 35.0 Å². The van der Waals surface area contributed by atoms with Crippen LogP contribution < -0.4 is 0 Å². The van der Waals surface area contributed by atoms with E-state index in [2.05, 4.69) is 85.3 Å². The van der Waals surface area contributed by atoms with Crippen LogP contribution in [-0.2, 0) is 27.8 Å². The highest BCUT2D eigenvalue weighted by Crippen LogP contribution is 2.69. The van der Waals surface area contributed by atoms with Crippen molar-refractivity contribution in [3.8, 4) is 0 Å². The molecule has 0 saturated heterocycles. The lowest BCUT2D eigenvalue weighted by molar-refractivity contribution is -0.143. The second-order valence-electron chi connectivity index (χ2n) is 17.9. The summed E-state index contributed by atoms with van der Waals surface area (Å²) in [5.74, 6) is 0.552. The molecule has 0 spiro atoms. The molecule has 2 fully saturated rings. The molecule has 3 N–H and O–H groups in total. The van der Waals surface area contributed by atoms with E-state index in [1.165, 1.54) is 65.1 Å². The molecule has 1 aromatic carbocycles. The number of aliphatic carboxylic acids is 1. The van der Waals surface area contributed by atoms with Crippen LogP contribution in [0.4, 0.5) is 0 Å². The third-order valence-electron chi connectivity index (χ3n) is 14.3. The van der Waals surface area contributed by atoms with Crippen LogP contribution in [0.5, 0.6) is 0 Å². The minimum absolute atomic E-state index is 0.0570. The molecule has 0 radical (unpaired) electrons. The molecular weight excluding hydrogens is 610 g/mol. The second kappa shape index (κ2) is 11.0. The molecule has 2 saturated carbocycles. The number of aromatic nitrogens is 1. The van der Waals surface area contributed by atoms with Crippen LogP contribution in [0.15, 0.2) is 48.6 Å². The first-order chi connectivity index (χ1) is 22.8. The Morgan fingerprint density at radius 3 is 2.35 bits per heavy atom. The average molecular weight is 668 g/mol. The third kappa shape index (κ3) is 4.58. The number of rotatable bonds is 3. The van der Waals surface area contributed by atoms with E-state index in [0.717, 1.165) is 31.2 Å². The lowest BCUT2D eigenvalue weighted by atomic mass is 9.44. The minimum Gasteiger partial charge on any atom is -0.478 e. The highest BCUT2D eigenvalue weighted by atomic mass is 16.5. The predicted octanol–water partition coefficient (Wildman–Crippen LogP) is 8.79. The van der Waals surface area contributed by atoms with E-state index in [9.17, 15) is 15.0 Å². The molecule has 1 aromatic heterocycles. The largest absolute Gasteiger partial charge is 0.478 e. The Kier molecular flexibility index (Phi) is 7.77. The number of nitrogens with zero attached hydrogens (tertiary/aromatic N) is 1. The van der Waals surface area contributed by atoms with Crippen LogP contribution >= 0.6 is 0 Å². The standard InChI is InChI=1S/C37H49NO3.C6H8O2/c1-18(2)27-16-24-29-21(25-17-34(4,5)41-35(6,7)30(25)32(29)40)15-22-23-14-20-10-11-26-19(3)28(39)12-13-36(26,8)37(20,9)33(23)38(27)31(22)24;1-3-4-5(2)6(7)8/h15,17,19-20,26-28,30,32,39-40H,1,10-14,16H2,2-9H3;3-4H,1H2,2H3,(H,7,8)/b;5-4+/t19-,20?,26?,27?,28?,30?,32?,36+,37-;/m1./s1. The summed E-state index contributed by atoms with van der Waals surface area (Å²) in [6.07, 6.45) is 11.0. The van der Waals surface area contributed by atoms with E-state index in [1.807, 2.05) is 0 Å². The van der Waals surface area contributed by atoms with Crippen molar-refractivity contribution in [3.05, 3.63) is 76.5 Å². The lowest BCUT2D eigenvalue weighted by Gasteiger charge is -2.61. The van der Waals surface area contributed by atoms with Gasteiger partial charge >= 0.3 is 5.97 Å². The van der Waals surface area contributed by atoms with Crippen molar-refractivity contribution >= 4 is 22.4 Å². The summed E-state index contributed by atoms with van der Waals surface area (Å²) in [5, 5.41) is 32.6. The summed E-state index contributed by atoms with van der Waals surface area (Å²) in [7, 11) is 0. The van der Waals surface area contributed by atoms with E-state index in [0.29, 0.717) is 23.3 Å². The van der Waals surface area contributed by atoms with Crippen molar-refractivity contribution in [2.24, 2.45) is 29.1 Å². The number of carboxylic acids is 1. The van der Waals surface area contributed by atoms with Gasteiger partial charge in [0.25, 0.3) is 0 Å². The number of allylic oxidation sites excluding steroid dienone is 3. The van der Waals surface area contributed by atoms with Crippen molar-refractivity contribution in [1.82, 2.24) is 4.57 Å². The van der Waals surface area contributed by atoms with Crippen LogP contribution in [-0.4, -0.2) is 43.2 Å². The fraction of sp³-hybridized carbons (Fsp3) is 0.605. The van der Waals surface area contributed by atoms with Gasteiger partial charge in [-0.15, -0.1) is 0 Å². The van der Waals surface area contributed by atoms with Crippen molar-refractivity contribution in [2.45, 2.75) is 136 Å². The number of aliphatic hydroxyl groups is 2. The molecule has 9 atom stereocenters. The molecule has 0 bridgehead atoms. The van der Waals surface area contributed by atoms with E-state index >= 15 is 0 Å². The number of carboxylic acid groups (broad SMARTS) is 1. The molecule has 264 valence electrons. The summed E-state index contributed by atoms with van der Waals surface area (Å²) in [4.78, 5) is 9.97. The van der Waals surface area contributed by atoms with Gasteiger partial charge in [0.2, 0.25) is 0 Å². The molecule has 0 amide bonds. The van der Waals surface area contributed by atoms with Crippen LogP contribution in [0.1, 0.15) is 128 Å². The van der Waals surface area contributed by atoms with Crippen LogP contribution in [0.3, 0.4) is 0 Å². The fourth-order valence-electron chi connectivity index (χ4n) is 12.1. The SMILES string of the molecule is C=C(C)C1Cc2c3c(cc4c5c(n1c24)[C@@]1(C)C(CCC2[C@@H](C)C(O)CC[C@@]21C)C5)C1=CC(C)(C)OC(C)(C)C1C3O.C=C/C=C(\C)C(=O)O. The van der Waals surface area contributed by atoms with Gasteiger partial charge in [-0.05, 0) is 143 Å². The first-order valence-electron chi connectivity index (χ1n) is 18.5. The maximum Gasteiger partial charge on any atom is 0.331 e. The summed E-state index contributed by atoms with van der Waals surface area (Å²) in [6, 6.07) is 2.70. The van der Waals surface area contributed by atoms with Gasteiger partial charge in [-0.1, -0.05) is 51.7 Å². The quantitative estimate of drug-likeness (QED) is 0.173. The van der Waals surface area contributed by atoms with Crippen molar-refractivity contribution in [3.63, 3.8) is 0 Å². The van der Waals surface area contributed by atoms with Gasteiger partial charge in [0.1, 0.15) is 0 Å². The Morgan fingerprint density at radius 2 is 1.73 bits per heavy atom. The van der Waals surface area contributed by atoms with Crippen molar-refractivity contribution in [2.75, 3.05) is 0 Å². The fourth-order valence-corrected chi connectivity index (χ4v) is 12.1. The molecule has 2 aromatic rings. The van der Waals surface area contributed by atoms with Gasteiger partial charge in [0, 0.05) is 28.0 Å². The van der Waals surface area contributed by atoms with Crippen molar-refractivity contribution in [1.29, 1.82) is 0 Å². The Labute approximate surface area is 292 Å². The van der Waals surface area contributed by atoms with Crippen LogP contribution in [0, 0.1) is 29.1 Å². The zero-order valence-electron chi connectivity index (χ0n) is 31.1. The Hall–Kier alpha value is -2.93. The first-order valence-corrected chi connectivity index (χ1v) is 18.5. The maximum atomic E-state index is 12.1. The Morgan fingerprint density at radius 1 is 1.04 bits per heavy atom. The van der Waals surface area contributed by atoms with E-state index in [4.69, 9.17) is 9.84 Å². The molecule has 6 aliphatic rings. The molecule has 49 heavy (non-hydrogen) atoms.